The fourth-order valence-corrected chi connectivity index (χ4v) is 4.48. The molecule has 0 spiro atoms. The summed E-state index contributed by atoms with van der Waals surface area (Å²) in [6, 6.07) is 14.8. The van der Waals surface area contributed by atoms with Crippen LogP contribution in [0.15, 0.2) is 66.2 Å². The maximum atomic E-state index is 13.4. The summed E-state index contributed by atoms with van der Waals surface area (Å²) >= 11 is 6.19. The minimum absolute atomic E-state index is 0.167. The van der Waals surface area contributed by atoms with Crippen LogP contribution in [0.5, 0.6) is 23.0 Å². The molecule has 37 heavy (non-hydrogen) atoms. The Labute approximate surface area is 219 Å². The molecule has 0 saturated carbocycles. The maximum Gasteiger partial charge on any atom is 0.300 e. The Balaban J connectivity index is 1.96. The number of ketones is 1. The van der Waals surface area contributed by atoms with Gasteiger partial charge >= 0.3 is 0 Å². The fraction of sp³-hybridized carbons (Fsp3) is 0.214. The zero-order valence-corrected chi connectivity index (χ0v) is 21.3. The van der Waals surface area contributed by atoms with Crippen molar-refractivity contribution in [1.82, 2.24) is 0 Å². The quantitative estimate of drug-likeness (QED) is 0.229. The summed E-state index contributed by atoms with van der Waals surface area (Å²) in [7, 11) is 1.41. The lowest BCUT2D eigenvalue weighted by atomic mass is 9.94. The molecule has 0 radical (unpaired) electrons. The number of carbonyl (C=O) groups is 2. The lowest BCUT2D eigenvalue weighted by molar-refractivity contribution is -0.132. The van der Waals surface area contributed by atoms with Crippen molar-refractivity contribution >= 4 is 34.7 Å². The molecule has 9 heteroatoms. The Hall–Kier alpha value is -4.17. The summed E-state index contributed by atoms with van der Waals surface area (Å²) in [5.41, 5.74) is 0.783. The number of anilines is 1. The highest BCUT2D eigenvalue weighted by Crippen LogP contribution is 2.45. The number of hydrogen-bond donors (Lipinski definition) is 2. The van der Waals surface area contributed by atoms with Crippen molar-refractivity contribution in [1.29, 1.82) is 0 Å². The minimum atomic E-state index is -1.07. The van der Waals surface area contributed by atoms with E-state index in [9.17, 15) is 19.8 Å². The molecule has 1 heterocycles. The van der Waals surface area contributed by atoms with E-state index >= 15 is 0 Å². The predicted octanol–water partition coefficient (Wildman–Crippen LogP) is 5.48. The van der Waals surface area contributed by atoms with Crippen LogP contribution in [0.25, 0.3) is 5.76 Å². The first kappa shape index (κ1) is 25.9. The summed E-state index contributed by atoms with van der Waals surface area (Å²) in [5.74, 6) is -1.33. The smallest absolute Gasteiger partial charge is 0.300 e. The number of hydrogen-bond acceptors (Lipinski definition) is 7. The molecule has 1 aliphatic heterocycles. The molecular weight excluding hydrogens is 498 g/mol. The molecule has 1 saturated heterocycles. The van der Waals surface area contributed by atoms with E-state index in [1.807, 2.05) is 6.92 Å². The highest BCUT2D eigenvalue weighted by molar-refractivity contribution is 6.51. The number of aliphatic hydroxyl groups is 1. The number of aromatic hydroxyl groups is 1. The molecule has 1 aliphatic rings. The van der Waals surface area contributed by atoms with Gasteiger partial charge in [-0.2, -0.15) is 0 Å². The number of rotatable bonds is 8. The van der Waals surface area contributed by atoms with Gasteiger partial charge < -0.3 is 24.4 Å². The first-order valence-corrected chi connectivity index (χ1v) is 12.0. The maximum absolute atomic E-state index is 13.4. The Morgan fingerprint density at radius 1 is 0.973 bits per heavy atom. The number of carbonyl (C=O) groups excluding carboxylic acids is 2. The minimum Gasteiger partial charge on any atom is -0.507 e. The second kappa shape index (κ2) is 10.8. The lowest BCUT2D eigenvalue weighted by Crippen LogP contribution is -2.29. The van der Waals surface area contributed by atoms with E-state index in [0.29, 0.717) is 35.2 Å². The summed E-state index contributed by atoms with van der Waals surface area (Å²) in [6.45, 7) is 4.36. The first-order valence-electron chi connectivity index (χ1n) is 11.6. The molecule has 1 fully saturated rings. The number of aliphatic hydroxyl groups excluding tert-OH is 1. The lowest BCUT2D eigenvalue weighted by Gasteiger charge is -2.26. The topological polar surface area (TPSA) is 106 Å². The normalized spacial score (nSPS) is 16.6. The van der Waals surface area contributed by atoms with Crippen LogP contribution in [-0.4, -0.2) is 42.2 Å². The number of ether oxygens (including phenoxy) is 3. The number of phenolic OH excluding ortho intramolecular Hbond substituents is 1. The van der Waals surface area contributed by atoms with E-state index in [4.69, 9.17) is 25.8 Å². The molecule has 0 aliphatic carbocycles. The van der Waals surface area contributed by atoms with Crippen LogP contribution in [-0.2, 0) is 9.59 Å². The molecule has 3 aromatic rings. The second-order valence-electron chi connectivity index (χ2n) is 8.10. The monoisotopic (exact) mass is 523 g/mol. The van der Waals surface area contributed by atoms with Gasteiger partial charge in [0.1, 0.15) is 17.3 Å². The number of amides is 1. The number of Topliss-reactive ketones (excluding diaryl/α,β-unsaturated/α-hetero) is 1. The van der Waals surface area contributed by atoms with Crippen molar-refractivity contribution in [3.05, 3.63) is 82.4 Å². The largest absolute Gasteiger partial charge is 0.507 e. The van der Waals surface area contributed by atoms with Crippen LogP contribution in [0.1, 0.15) is 31.0 Å². The van der Waals surface area contributed by atoms with Gasteiger partial charge in [0.2, 0.25) is 0 Å². The molecule has 0 aromatic heterocycles. The van der Waals surface area contributed by atoms with Crippen LogP contribution >= 0.6 is 11.6 Å². The van der Waals surface area contributed by atoms with Crippen molar-refractivity contribution in [2.24, 2.45) is 0 Å². The average molecular weight is 524 g/mol. The summed E-state index contributed by atoms with van der Waals surface area (Å²) in [4.78, 5) is 28.0. The van der Waals surface area contributed by atoms with Gasteiger partial charge in [-0.15, -0.1) is 0 Å². The Morgan fingerprint density at radius 2 is 1.73 bits per heavy atom. The predicted molar refractivity (Wildman–Crippen MR) is 140 cm³/mol. The number of methoxy groups -OCH3 is 1. The van der Waals surface area contributed by atoms with Gasteiger partial charge in [0, 0.05) is 16.8 Å². The van der Waals surface area contributed by atoms with Crippen molar-refractivity contribution in [3.63, 3.8) is 0 Å². The molecule has 0 bridgehead atoms. The van der Waals surface area contributed by atoms with Gasteiger partial charge in [0.25, 0.3) is 11.7 Å². The Morgan fingerprint density at radius 3 is 2.38 bits per heavy atom. The molecule has 4 rings (SSSR count). The van der Waals surface area contributed by atoms with Gasteiger partial charge in [-0.05, 0) is 61.9 Å². The Bertz CT molecular complexity index is 1380. The van der Waals surface area contributed by atoms with Gasteiger partial charge in [-0.1, -0.05) is 23.7 Å². The molecule has 3 aromatic carbocycles. The third kappa shape index (κ3) is 4.93. The van der Waals surface area contributed by atoms with Crippen LogP contribution < -0.4 is 19.1 Å². The van der Waals surface area contributed by atoms with Gasteiger partial charge in [-0.25, -0.2) is 0 Å². The van der Waals surface area contributed by atoms with E-state index in [2.05, 4.69) is 0 Å². The summed E-state index contributed by atoms with van der Waals surface area (Å²) < 4.78 is 16.4. The Kier molecular flexibility index (Phi) is 7.59. The second-order valence-corrected chi connectivity index (χ2v) is 8.54. The van der Waals surface area contributed by atoms with Crippen LogP contribution in [0.2, 0.25) is 5.02 Å². The van der Waals surface area contributed by atoms with Crippen molar-refractivity contribution < 1.29 is 34.0 Å². The summed E-state index contributed by atoms with van der Waals surface area (Å²) in [6.07, 6.45) is 0. The van der Waals surface area contributed by atoms with E-state index in [1.165, 1.54) is 24.1 Å². The molecule has 2 N–H and O–H groups in total. The van der Waals surface area contributed by atoms with E-state index < -0.39 is 23.5 Å². The van der Waals surface area contributed by atoms with Gasteiger partial charge in [-0.3, -0.25) is 14.5 Å². The zero-order chi connectivity index (χ0) is 26.7. The molecule has 1 unspecified atom stereocenters. The number of halogens is 1. The first-order chi connectivity index (χ1) is 17.8. The van der Waals surface area contributed by atoms with Crippen LogP contribution in [0.3, 0.4) is 0 Å². The molecule has 1 atom stereocenters. The molecule has 8 nitrogen and oxygen atoms in total. The standard InChI is InChI=1S/C28H26ClNO7/c1-4-36-19-10-11-20(23(15-19)37-5-2)26(32)24-25(16-9-12-22(35-3)21(31)13-16)30(28(34)27(24)33)18-8-6-7-17(29)14-18/h6-15,25,31-32H,4-5H2,1-3H3/b26-24-. The van der Waals surface area contributed by atoms with Gasteiger partial charge in [0.15, 0.2) is 11.5 Å². The highest BCUT2D eigenvalue weighted by Gasteiger charge is 2.47. The zero-order valence-electron chi connectivity index (χ0n) is 20.5. The van der Waals surface area contributed by atoms with Crippen LogP contribution in [0.4, 0.5) is 5.69 Å². The molecular formula is C28H26ClNO7. The van der Waals surface area contributed by atoms with E-state index in [1.54, 1.807) is 55.5 Å². The SMILES string of the molecule is CCOc1ccc(/C(O)=C2/C(=O)C(=O)N(c3cccc(Cl)c3)C2c2ccc(OC)c(O)c2)c(OCC)c1. The van der Waals surface area contributed by atoms with Crippen molar-refractivity contribution in [2.75, 3.05) is 25.2 Å². The third-order valence-corrected chi connectivity index (χ3v) is 6.10. The summed E-state index contributed by atoms with van der Waals surface area (Å²) in [5, 5.41) is 22.3. The van der Waals surface area contributed by atoms with E-state index in [-0.39, 0.29) is 28.4 Å². The molecule has 1 amide bonds. The third-order valence-electron chi connectivity index (χ3n) is 5.87. The number of benzene rings is 3. The van der Waals surface area contributed by atoms with Crippen molar-refractivity contribution in [3.8, 4) is 23.0 Å². The van der Waals surface area contributed by atoms with E-state index in [0.717, 1.165) is 0 Å². The highest BCUT2D eigenvalue weighted by atomic mass is 35.5. The average Bonchev–Trinajstić information content (AvgIpc) is 3.14. The molecule has 192 valence electrons. The number of nitrogens with zero attached hydrogens (tertiary/aromatic N) is 1. The number of phenols is 1. The van der Waals surface area contributed by atoms with Gasteiger partial charge in [0.05, 0.1) is 37.5 Å². The fourth-order valence-electron chi connectivity index (χ4n) is 4.29. The van der Waals surface area contributed by atoms with Crippen LogP contribution in [0, 0.1) is 0 Å². The van der Waals surface area contributed by atoms with Crippen molar-refractivity contribution in [2.45, 2.75) is 19.9 Å².